The van der Waals surface area contributed by atoms with Crippen molar-refractivity contribution in [1.82, 2.24) is 4.57 Å². The van der Waals surface area contributed by atoms with Gasteiger partial charge in [-0.05, 0) is 30.3 Å². The third-order valence-corrected chi connectivity index (χ3v) is 3.63. The Labute approximate surface area is 132 Å². The highest BCUT2D eigenvalue weighted by Gasteiger charge is 2.11. The fourth-order valence-electron chi connectivity index (χ4n) is 2.10. The number of amides is 1. The number of anilines is 1. The lowest BCUT2D eigenvalue weighted by molar-refractivity contribution is 0.102. The largest absolute Gasteiger partial charge is 0.419 e. The van der Waals surface area contributed by atoms with Crippen LogP contribution in [0.15, 0.2) is 50.1 Å². The van der Waals surface area contributed by atoms with Crippen LogP contribution in [0.5, 0.6) is 0 Å². The predicted molar refractivity (Wildman–Crippen MR) is 83.5 cm³/mol. The molecule has 1 aromatic heterocycles. The van der Waals surface area contributed by atoms with E-state index in [0.29, 0.717) is 21.3 Å². The van der Waals surface area contributed by atoms with Gasteiger partial charge in [0.15, 0.2) is 5.58 Å². The Kier molecular flexibility index (Phi) is 3.58. The molecule has 1 heterocycles. The monoisotopic (exact) mass is 364 g/mol. The van der Waals surface area contributed by atoms with Crippen LogP contribution in [0.25, 0.3) is 11.1 Å². The van der Waals surface area contributed by atoms with Crippen LogP contribution in [-0.2, 0) is 7.05 Å². The van der Waals surface area contributed by atoms with Crippen LogP contribution in [0.4, 0.5) is 10.1 Å². The first-order chi connectivity index (χ1) is 10.4. The van der Waals surface area contributed by atoms with Gasteiger partial charge in [-0.1, -0.05) is 15.9 Å². The second kappa shape index (κ2) is 5.42. The molecular weight excluding hydrogens is 355 g/mol. The van der Waals surface area contributed by atoms with Gasteiger partial charge in [-0.3, -0.25) is 9.36 Å². The van der Waals surface area contributed by atoms with E-state index in [0.717, 1.165) is 6.07 Å². The van der Waals surface area contributed by atoms with Crippen molar-refractivity contribution in [2.45, 2.75) is 0 Å². The molecule has 0 aliphatic carbocycles. The molecule has 2 aromatic carbocycles. The maximum absolute atomic E-state index is 13.3. The summed E-state index contributed by atoms with van der Waals surface area (Å²) < 4.78 is 20.2. The topological polar surface area (TPSA) is 64.2 Å². The molecule has 1 N–H and O–H groups in total. The molecule has 22 heavy (non-hydrogen) atoms. The molecule has 7 heteroatoms. The average Bonchev–Trinajstić information content (AvgIpc) is 2.72. The van der Waals surface area contributed by atoms with Crippen molar-refractivity contribution < 1.29 is 13.6 Å². The number of halogens is 2. The molecule has 0 fully saturated rings. The minimum absolute atomic E-state index is 0.182. The van der Waals surface area contributed by atoms with Crippen molar-refractivity contribution >= 4 is 38.6 Å². The zero-order valence-corrected chi connectivity index (χ0v) is 13.0. The van der Waals surface area contributed by atoms with Gasteiger partial charge >= 0.3 is 5.76 Å². The fraction of sp³-hybridized carbons (Fsp3) is 0.0667. The Morgan fingerprint density at radius 1 is 1.27 bits per heavy atom. The first kappa shape index (κ1) is 14.5. The molecule has 0 spiro atoms. The molecule has 5 nitrogen and oxygen atoms in total. The van der Waals surface area contributed by atoms with Gasteiger partial charge in [-0.2, -0.15) is 0 Å². The summed E-state index contributed by atoms with van der Waals surface area (Å²) in [5.41, 5.74) is 1.62. The number of rotatable bonds is 2. The molecule has 0 saturated heterocycles. The second-order valence-corrected chi connectivity index (χ2v) is 5.64. The lowest BCUT2D eigenvalue weighted by atomic mass is 10.2. The Morgan fingerprint density at radius 3 is 2.77 bits per heavy atom. The average molecular weight is 365 g/mol. The van der Waals surface area contributed by atoms with Crippen LogP contribution in [0.1, 0.15) is 10.4 Å². The zero-order chi connectivity index (χ0) is 15.9. The minimum Gasteiger partial charge on any atom is -0.408 e. The number of nitrogens with zero attached hydrogens (tertiary/aromatic N) is 1. The number of hydrogen-bond acceptors (Lipinski definition) is 3. The van der Waals surface area contributed by atoms with Crippen molar-refractivity contribution in [2.75, 3.05) is 5.32 Å². The van der Waals surface area contributed by atoms with Gasteiger partial charge in [0.25, 0.3) is 5.91 Å². The molecule has 0 radical (unpaired) electrons. The van der Waals surface area contributed by atoms with E-state index in [2.05, 4.69) is 21.2 Å². The molecule has 0 bridgehead atoms. The molecule has 3 aromatic rings. The summed E-state index contributed by atoms with van der Waals surface area (Å²) in [7, 11) is 1.59. The number of benzene rings is 2. The lowest BCUT2D eigenvalue weighted by Gasteiger charge is -2.06. The van der Waals surface area contributed by atoms with Gasteiger partial charge in [0.1, 0.15) is 5.82 Å². The number of fused-ring (bicyclic) bond motifs is 1. The summed E-state index contributed by atoms with van der Waals surface area (Å²) in [6.45, 7) is 0. The molecular formula is C15H10BrFN2O3. The van der Waals surface area contributed by atoms with Gasteiger partial charge in [-0.25, -0.2) is 9.18 Å². The maximum atomic E-state index is 13.3. The summed E-state index contributed by atoms with van der Waals surface area (Å²) in [6.07, 6.45) is 0. The Morgan fingerprint density at radius 2 is 2.05 bits per heavy atom. The number of hydrogen-bond donors (Lipinski definition) is 1. The third-order valence-electron chi connectivity index (χ3n) is 3.17. The van der Waals surface area contributed by atoms with Crippen LogP contribution < -0.4 is 11.1 Å². The molecule has 0 atom stereocenters. The number of carbonyl (C=O) groups is 1. The van der Waals surface area contributed by atoms with E-state index < -0.39 is 17.5 Å². The molecule has 112 valence electrons. The van der Waals surface area contributed by atoms with E-state index in [4.69, 9.17) is 4.42 Å². The molecule has 0 saturated carbocycles. The number of oxazole rings is 1. The minimum atomic E-state index is -0.510. The Hall–Kier alpha value is -2.41. The molecule has 1 amide bonds. The van der Waals surface area contributed by atoms with Gasteiger partial charge in [-0.15, -0.1) is 0 Å². The number of aromatic nitrogens is 1. The summed E-state index contributed by atoms with van der Waals surface area (Å²) in [6, 6.07) is 8.77. The third kappa shape index (κ3) is 2.67. The van der Waals surface area contributed by atoms with E-state index in [-0.39, 0.29) is 5.56 Å². The first-order valence-corrected chi connectivity index (χ1v) is 7.10. The molecule has 0 aliphatic rings. The van der Waals surface area contributed by atoms with E-state index in [1.54, 1.807) is 25.2 Å². The number of aryl methyl sites for hydroxylation is 1. The van der Waals surface area contributed by atoms with Crippen LogP contribution in [0.2, 0.25) is 0 Å². The standard InChI is InChI=1S/C15H10BrFN2O3/c1-19-12-3-2-11(7-13(12)22-15(19)21)18-14(20)8-4-9(16)6-10(17)5-8/h2-7H,1H3,(H,18,20). The van der Waals surface area contributed by atoms with Gasteiger partial charge in [0.05, 0.1) is 5.52 Å². The first-order valence-electron chi connectivity index (χ1n) is 6.31. The van der Waals surface area contributed by atoms with Gasteiger partial charge in [0, 0.05) is 28.8 Å². The van der Waals surface area contributed by atoms with Crippen molar-refractivity contribution in [3.63, 3.8) is 0 Å². The Balaban J connectivity index is 1.92. The highest BCUT2D eigenvalue weighted by atomic mass is 79.9. The predicted octanol–water partition coefficient (Wildman–Crippen LogP) is 3.29. The zero-order valence-electron chi connectivity index (χ0n) is 11.4. The summed E-state index contributed by atoms with van der Waals surface area (Å²) in [4.78, 5) is 23.6. The molecule has 0 aliphatic heterocycles. The van der Waals surface area contributed by atoms with Crippen LogP contribution in [0.3, 0.4) is 0 Å². The summed E-state index contributed by atoms with van der Waals surface area (Å²) >= 11 is 3.14. The van der Waals surface area contributed by atoms with Crippen molar-refractivity contribution in [3.05, 3.63) is 62.8 Å². The normalized spacial score (nSPS) is 10.9. The van der Waals surface area contributed by atoms with E-state index in [1.807, 2.05) is 0 Å². The van der Waals surface area contributed by atoms with Crippen LogP contribution in [0, 0.1) is 5.82 Å². The van der Waals surface area contributed by atoms with E-state index >= 15 is 0 Å². The number of carbonyl (C=O) groups excluding carboxylic acids is 1. The molecule has 0 unspecified atom stereocenters. The lowest BCUT2D eigenvalue weighted by Crippen LogP contribution is -2.12. The maximum Gasteiger partial charge on any atom is 0.419 e. The highest BCUT2D eigenvalue weighted by molar-refractivity contribution is 9.10. The Bertz CT molecular complexity index is 925. The SMILES string of the molecule is Cn1c(=O)oc2cc(NC(=O)c3cc(F)cc(Br)c3)ccc21. The quantitative estimate of drug-likeness (QED) is 0.758. The summed E-state index contributed by atoms with van der Waals surface area (Å²) in [5.74, 6) is -1.45. The fourth-order valence-corrected chi connectivity index (χ4v) is 2.57. The highest BCUT2D eigenvalue weighted by Crippen LogP contribution is 2.20. The van der Waals surface area contributed by atoms with Crippen LogP contribution >= 0.6 is 15.9 Å². The van der Waals surface area contributed by atoms with Crippen molar-refractivity contribution in [1.29, 1.82) is 0 Å². The smallest absolute Gasteiger partial charge is 0.408 e. The van der Waals surface area contributed by atoms with Crippen LogP contribution in [-0.4, -0.2) is 10.5 Å². The second-order valence-electron chi connectivity index (χ2n) is 4.72. The summed E-state index contributed by atoms with van der Waals surface area (Å²) in [5, 5.41) is 2.64. The van der Waals surface area contributed by atoms with E-state index in [9.17, 15) is 14.0 Å². The van der Waals surface area contributed by atoms with Gasteiger partial charge in [0.2, 0.25) is 0 Å². The van der Waals surface area contributed by atoms with Crippen molar-refractivity contribution in [2.24, 2.45) is 7.05 Å². The van der Waals surface area contributed by atoms with Crippen molar-refractivity contribution in [3.8, 4) is 0 Å². The van der Waals surface area contributed by atoms with Gasteiger partial charge < -0.3 is 9.73 Å². The molecule has 3 rings (SSSR count). The van der Waals surface area contributed by atoms with E-state index in [1.165, 1.54) is 16.7 Å². The number of nitrogens with one attached hydrogen (secondary N) is 1.